The van der Waals surface area contributed by atoms with Gasteiger partial charge in [0.1, 0.15) is 5.69 Å². The Labute approximate surface area is 95.3 Å². The van der Waals surface area contributed by atoms with Gasteiger partial charge in [-0.2, -0.15) is 0 Å². The number of carbonyl (C=O) groups excluding carboxylic acids is 1. The van der Waals surface area contributed by atoms with E-state index in [0.29, 0.717) is 12.2 Å². The molecule has 0 saturated heterocycles. The van der Waals surface area contributed by atoms with Crippen LogP contribution in [0.1, 0.15) is 29.8 Å². The molecule has 0 aromatic carbocycles. The van der Waals surface area contributed by atoms with E-state index >= 15 is 0 Å². The van der Waals surface area contributed by atoms with Crippen LogP contribution in [0.15, 0.2) is 18.3 Å². The summed E-state index contributed by atoms with van der Waals surface area (Å²) >= 11 is 0. The van der Waals surface area contributed by atoms with Crippen LogP contribution in [0, 0.1) is 5.41 Å². The second-order valence-electron chi connectivity index (χ2n) is 4.66. The Morgan fingerprint density at radius 2 is 2.38 bits per heavy atom. The molecule has 4 heteroatoms. The van der Waals surface area contributed by atoms with E-state index in [0.717, 1.165) is 19.3 Å². The minimum Gasteiger partial charge on any atom is -0.396 e. The molecular weight excluding hydrogens is 204 g/mol. The van der Waals surface area contributed by atoms with Gasteiger partial charge in [-0.25, -0.2) is 0 Å². The van der Waals surface area contributed by atoms with Gasteiger partial charge in [-0.1, -0.05) is 0 Å². The molecule has 1 aliphatic rings. The van der Waals surface area contributed by atoms with E-state index in [1.54, 1.807) is 10.6 Å². The van der Waals surface area contributed by atoms with Crippen LogP contribution in [-0.2, 0) is 7.05 Å². The van der Waals surface area contributed by atoms with E-state index in [2.05, 4.69) is 5.32 Å². The molecule has 0 radical (unpaired) electrons. The molecule has 1 heterocycles. The average Bonchev–Trinajstić information content (AvgIpc) is 2.89. The summed E-state index contributed by atoms with van der Waals surface area (Å²) in [5, 5.41) is 11.9. The van der Waals surface area contributed by atoms with Crippen molar-refractivity contribution in [3.8, 4) is 0 Å². The van der Waals surface area contributed by atoms with E-state index in [1.165, 1.54) is 0 Å². The maximum absolute atomic E-state index is 11.8. The van der Waals surface area contributed by atoms with Crippen LogP contribution in [-0.4, -0.2) is 28.7 Å². The highest BCUT2D eigenvalue weighted by Crippen LogP contribution is 2.47. The van der Waals surface area contributed by atoms with Crippen LogP contribution in [0.25, 0.3) is 0 Å². The van der Waals surface area contributed by atoms with Crippen molar-refractivity contribution < 1.29 is 9.90 Å². The van der Waals surface area contributed by atoms with E-state index in [-0.39, 0.29) is 17.9 Å². The number of aryl methyl sites for hydroxylation is 1. The van der Waals surface area contributed by atoms with Crippen molar-refractivity contribution in [2.24, 2.45) is 12.5 Å². The van der Waals surface area contributed by atoms with Crippen molar-refractivity contribution in [1.29, 1.82) is 0 Å². The Morgan fingerprint density at radius 1 is 1.62 bits per heavy atom. The maximum Gasteiger partial charge on any atom is 0.267 e. The third kappa shape index (κ3) is 2.27. The highest BCUT2D eigenvalue weighted by Gasteiger charge is 2.41. The normalized spacial score (nSPS) is 17.1. The van der Waals surface area contributed by atoms with Gasteiger partial charge in [-0.15, -0.1) is 0 Å². The van der Waals surface area contributed by atoms with Crippen LogP contribution < -0.4 is 5.32 Å². The summed E-state index contributed by atoms with van der Waals surface area (Å²) in [6.07, 6.45) is 4.87. The van der Waals surface area contributed by atoms with Crippen LogP contribution in [0.4, 0.5) is 0 Å². The largest absolute Gasteiger partial charge is 0.396 e. The molecule has 16 heavy (non-hydrogen) atoms. The van der Waals surface area contributed by atoms with Gasteiger partial charge in [-0.05, 0) is 36.8 Å². The number of carbonyl (C=O) groups is 1. The lowest BCUT2D eigenvalue weighted by Crippen LogP contribution is -2.31. The zero-order chi connectivity index (χ0) is 11.6. The molecule has 1 fully saturated rings. The van der Waals surface area contributed by atoms with Crippen molar-refractivity contribution in [2.75, 3.05) is 13.2 Å². The zero-order valence-corrected chi connectivity index (χ0v) is 9.57. The fourth-order valence-corrected chi connectivity index (χ4v) is 1.98. The monoisotopic (exact) mass is 222 g/mol. The van der Waals surface area contributed by atoms with Gasteiger partial charge in [0.15, 0.2) is 0 Å². The van der Waals surface area contributed by atoms with Gasteiger partial charge in [-0.3, -0.25) is 4.79 Å². The summed E-state index contributed by atoms with van der Waals surface area (Å²) in [5.41, 5.74) is 0.857. The first kappa shape index (κ1) is 11.2. The fourth-order valence-electron chi connectivity index (χ4n) is 1.98. The molecule has 0 bridgehead atoms. The molecule has 1 aromatic rings. The second kappa shape index (κ2) is 4.29. The SMILES string of the molecule is Cn1cccc1C(=O)NCC1(CCO)CC1. The van der Waals surface area contributed by atoms with Crippen LogP contribution in [0.5, 0.6) is 0 Å². The molecular formula is C12H18N2O2. The van der Waals surface area contributed by atoms with Gasteiger partial charge in [0.2, 0.25) is 0 Å². The number of rotatable bonds is 5. The molecule has 0 spiro atoms. The Kier molecular flexibility index (Phi) is 3.01. The number of hydrogen-bond acceptors (Lipinski definition) is 2. The number of aliphatic hydroxyl groups is 1. The number of hydrogen-bond donors (Lipinski definition) is 2. The minimum atomic E-state index is -0.0308. The topological polar surface area (TPSA) is 54.3 Å². The van der Waals surface area contributed by atoms with E-state index in [1.807, 2.05) is 19.3 Å². The predicted molar refractivity (Wildman–Crippen MR) is 61.1 cm³/mol. The summed E-state index contributed by atoms with van der Waals surface area (Å²) in [6.45, 7) is 0.887. The van der Waals surface area contributed by atoms with Crippen molar-refractivity contribution in [3.63, 3.8) is 0 Å². The third-order valence-electron chi connectivity index (χ3n) is 3.40. The Hall–Kier alpha value is -1.29. The molecule has 1 aliphatic carbocycles. The summed E-state index contributed by atoms with van der Waals surface area (Å²) in [7, 11) is 1.86. The molecule has 0 unspecified atom stereocenters. The molecule has 4 nitrogen and oxygen atoms in total. The van der Waals surface area contributed by atoms with Crippen LogP contribution in [0.2, 0.25) is 0 Å². The summed E-state index contributed by atoms with van der Waals surface area (Å²) in [4.78, 5) is 11.8. The lowest BCUT2D eigenvalue weighted by molar-refractivity contribution is 0.0932. The van der Waals surface area contributed by atoms with E-state index < -0.39 is 0 Å². The van der Waals surface area contributed by atoms with Crippen molar-refractivity contribution in [2.45, 2.75) is 19.3 Å². The van der Waals surface area contributed by atoms with Gasteiger partial charge in [0.25, 0.3) is 5.91 Å². The number of nitrogens with one attached hydrogen (secondary N) is 1. The summed E-state index contributed by atoms with van der Waals surface area (Å²) < 4.78 is 1.81. The number of amides is 1. The molecule has 2 N–H and O–H groups in total. The van der Waals surface area contributed by atoms with Crippen LogP contribution >= 0.6 is 0 Å². The van der Waals surface area contributed by atoms with E-state index in [4.69, 9.17) is 5.11 Å². The summed E-state index contributed by atoms with van der Waals surface area (Å²) in [6, 6.07) is 3.66. The number of aliphatic hydroxyl groups excluding tert-OH is 1. The van der Waals surface area contributed by atoms with Gasteiger partial charge in [0, 0.05) is 26.4 Å². The molecule has 1 saturated carbocycles. The Morgan fingerprint density at radius 3 is 2.88 bits per heavy atom. The first-order valence-electron chi connectivity index (χ1n) is 5.67. The van der Waals surface area contributed by atoms with E-state index in [9.17, 15) is 4.79 Å². The molecule has 2 rings (SSSR count). The standard InChI is InChI=1S/C12H18N2O2/c1-14-7-2-3-10(14)11(16)13-9-12(4-5-12)6-8-15/h2-3,7,15H,4-6,8-9H2,1H3,(H,13,16). The lowest BCUT2D eigenvalue weighted by atomic mass is 10.0. The average molecular weight is 222 g/mol. The van der Waals surface area contributed by atoms with Crippen molar-refractivity contribution in [1.82, 2.24) is 9.88 Å². The molecule has 0 aliphatic heterocycles. The number of nitrogens with zero attached hydrogens (tertiary/aromatic N) is 1. The minimum absolute atomic E-state index is 0.0308. The highest BCUT2D eigenvalue weighted by atomic mass is 16.3. The van der Waals surface area contributed by atoms with Gasteiger partial charge < -0.3 is 15.0 Å². The highest BCUT2D eigenvalue weighted by molar-refractivity contribution is 5.92. The third-order valence-corrected chi connectivity index (χ3v) is 3.40. The zero-order valence-electron chi connectivity index (χ0n) is 9.57. The smallest absolute Gasteiger partial charge is 0.267 e. The fraction of sp³-hybridized carbons (Fsp3) is 0.583. The quantitative estimate of drug-likeness (QED) is 0.778. The van der Waals surface area contributed by atoms with Crippen LogP contribution in [0.3, 0.4) is 0 Å². The van der Waals surface area contributed by atoms with Crippen molar-refractivity contribution >= 4 is 5.91 Å². The molecule has 1 aromatic heterocycles. The first-order chi connectivity index (χ1) is 7.67. The number of aromatic nitrogens is 1. The molecule has 1 amide bonds. The lowest BCUT2D eigenvalue weighted by Gasteiger charge is -2.14. The predicted octanol–water partition coefficient (Wildman–Crippen LogP) is 0.917. The first-order valence-corrected chi connectivity index (χ1v) is 5.67. The maximum atomic E-state index is 11.8. The van der Waals surface area contributed by atoms with Crippen molar-refractivity contribution in [3.05, 3.63) is 24.0 Å². The Balaban J connectivity index is 1.87. The molecule has 88 valence electrons. The van der Waals surface area contributed by atoms with Gasteiger partial charge in [0.05, 0.1) is 0 Å². The van der Waals surface area contributed by atoms with Gasteiger partial charge >= 0.3 is 0 Å². The Bertz CT molecular complexity index is 380. The summed E-state index contributed by atoms with van der Waals surface area (Å²) in [5.74, 6) is -0.0308. The second-order valence-corrected chi connectivity index (χ2v) is 4.66. The molecule has 0 atom stereocenters.